The van der Waals surface area contributed by atoms with Crippen LogP contribution in [0, 0.1) is 6.92 Å². The van der Waals surface area contributed by atoms with Crippen molar-refractivity contribution in [2.24, 2.45) is 4.99 Å². The van der Waals surface area contributed by atoms with E-state index in [2.05, 4.69) is 4.99 Å². The maximum atomic E-state index is 11.6. The first-order valence-electron chi connectivity index (χ1n) is 8.23. The van der Waals surface area contributed by atoms with E-state index >= 15 is 0 Å². The van der Waals surface area contributed by atoms with Crippen LogP contribution in [0.25, 0.3) is 5.69 Å². The number of benzene rings is 2. The molecule has 3 aromatic rings. The van der Waals surface area contributed by atoms with Gasteiger partial charge in [0.15, 0.2) is 0 Å². The number of ether oxygens (including phenoxy) is 1. The number of aromatic nitrogens is 1. The number of aryl methyl sites for hydroxylation is 1. The molecule has 0 amide bonds. The second kappa shape index (κ2) is 7.70. The lowest BCUT2D eigenvalue weighted by atomic mass is 10.1. The molecular formula is C21H18N2O4. The normalized spacial score (nSPS) is 10.9. The highest BCUT2D eigenvalue weighted by Gasteiger charge is 2.08. The average molecular weight is 362 g/mol. The minimum Gasteiger partial charge on any atom is -0.478 e. The topological polar surface area (TPSA) is 80.9 Å². The summed E-state index contributed by atoms with van der Waals surface area (Å²) in [6.07, 6.45) is 3.54. The Kier molecular flexibility index (Phi) is 5.17. The largest absolute Gasteiger partial charge is 0.478 e. The SMILES string of the molecule is COC(=O)c1ccc(N=Cc2cccn2-c2cccc(C(=O)O)c2)c(C)c1. The third-order valence-electron chi connectivity index (χ3n) is 4.11. The molecule has 1 aromatic heterocycles. The van der Waals surface area contributed by atoms with Gasteiger partial charge < -0.3 is 14.4 Å². The van der Waals surface area contributed by atoms with Crippen molar-refractivity contribution in [3.05, 3.63) is 83.2 Å². The number of rotatable bonds is 5. The summed E-state index contributed by atoms with van der Waals surface area (Å²) in [7, 11) is 1.34. The maximum Gasteiger partial charge on any atom is 0.337 e. The highest BCUT2D eigenvalue weighted by atomic mass is 16.5. The van der Waals surface area contributed by atoms with Crippen LogP contribution in [0.4, 0.5) is 5.69 Å². The average Bonchev–Trinajstić information content (AvgIpc) is 3.15. The smallest absolute Gasteiger partial charge is 0.337 e. The molecule has 27 heavy (non-hydrogen) atoms. The number of esters is 1. The molecule has 0 fully saturated rings. The van der Waals surface area contributed by atoms with E-state index in [-0.39, 0.29) is 11.5 Å². The number of hydrogen-bond donors (Lipinski definition) is 1. The van der Waals surface area contributed by atoms with Crippen LogP contribution >= 0.6 is 0 Å². The Labute approximate surface area is 156 Å². The Hall–Kier alpha value is -3.67. The van der Waals surface area contributed by atoms with Crippen molar-refractivity contribution in [3.63, 3.8) is 0 Å². The first-order chi connectivity index (χ1) is 13.0. The van der Waals surface area contributed by atoms with Crippen molar-refractivity contribution in [1.29, 1.82) is 0 Å². The van der Waals surface area contributed by atoms with Crippen LogP contribution < -0.4 is 0 Å². The lowest BCUT2D eigenvalue weighted by molar-refractivity contribution is 0.0599. The predicted octanol–water partition coefficient (Wildman–Crippen LogP) is 4.02. The van der Waals surface area contributed by atoms with Gasteiger partial charge in [-0.05, 0) is 61.0 Å². The molecule has 6 heteroatoms. The second-order valence-electron chi connectivity index (χ2n) is 5.91. The van der Waals surface area contributed by atoms with E-state index in [1.54, 1.807) is 42.6 Å². The van der Waals surface area contributed by atoms with E-state index in [0.717, 1.165) is 22.6 Å². The Morgan fingerprint density at radius 3 is 2.59 bits per heavy atom. The fourth-order valence-electron chi connectivity index (χ4n) is 2.70. The minimum atomic E-state index is -0.972. The molecule has 0 unspecified atom stereocenters. The zero-order valence-electron chi connectivity index (χ0n) is 14.9. The van der Waals surface area contributed by atoms with Gasteiger partial charge in [0.1, 0.15) is 0 Å². The summed E-state index contributed by atoms with van der Waals surface area (Å²) in [6, 6.07) is 15.6. The number of carboxylic acids is 1. The molecule has 0 aliphatic carbocycles. The van der Waals surface area contributed by atoms with Crippen LogP contribution in [0.2, 0.25) is 0 Å². The number of carbonyl (C=O) groups excluding carboxylic acids is 1. The molecule has 0 spiro atoms. The number of nitrogens with zero attached hydrogens (tertiary/aromatic N) is 2. The van der Waals surface area contributed by atoms with Gasteiger partial charge in [-0.25, -0.2) is 9.59 Å². The van der Waals surface area contributed by atoms with Gasteiger partial charge in [0, 0.05) is 11.9 Å². The van der Waals surface area contributed by atoms with E-state index in [0.29, 0.717) is 5.56 Å². The van der Waals surface area contributed by atoms with Crippen molar-refractivity contribution in [2.75, 3.05) is 7.11 Å². The lowest BCUT2D eigenvalue weighted by Gasteiger charge is -2.08. The number of aromatic carboxylic acids is 1. The molecule has 0 atom stereocenters. The Balaban J connectivity index is 1.90. The van der Waals surface area contributed by atoms with E-state index in [1.807, 2.05) is 35.9 Å². The van der Waals surface area contributed by atoms with Gasteiger partial charge in [-0.15, -0.1) is 0 Å². The summed E-state index contributed by atoms with van der Waals surface area (Å²) in [4.78, 5) is 27.3. The standard InChI is InChI=1S/C21H18N2O4/c1-14-11-16(21(26)27-2)8-9-19(14)22-13-18-7-4-10-23(18)17-6-3-5-15(12-17)20(24)25/h3-13H,1-2H3,(H,24,25). The Morgan fingerprint density at radius 1 is 1.07 bits per heavy atom. The van der Waals surface area contributed by atoms with E-state index < -0.39 is 5.97 Å². The van der Waals surface area contributed by atoms with Gasteiger partial charge in [-0.2, -0.15) is 0 Å². The van der Waals surface area contributed by atoms with Crippen LogP contribution in [0.15, 0.2) is 65.8 Å². The van der Waals surface area contributed by atoms with Gasteiger partial charge in [0.25, 0.3) is 0 Å². The molecule has 1 N–H and O–H groups in total. The molecular weight excluding hydrogens is 344 g/mol. The zero-order valence-corrected chi connectivity index (χ0v) is 14.9. The van der Waals surface area contributed by atoms with Gasteiger partial charge in [0.2, 0.25) is 0 Å². The van der Waals surface area contributed by atoms with Crippen LogP contribution in [0.5, 0.6) is 0 Å². The fourth-order valence-corrected chi connectivity index (χ4v) is 2.70. The maximum absolute atomic E-state index is 11.6. The van der Waals surface area contributed by atoms with E-state index in [9.17, 15) is 9.59 Å². The molecule has 3 rings (SSSR count). The number of carboxylic acid groups (broad SMARTS) is 1. The molecule has 0 saturated carbocycles. The number of aliphatic imine (C=N–C) groups is 1. The summed E-state index contributed by atoms with van der Waals surface area (Å²) in [6.45, 7) is 1.87. The highest BCUT2D eigenvalue weighted by molar-refractivity contribution is 5.90. The summed E-state index contributed by atoms with van der Waals surface area (Å²) in [5.74, 6) is -1.36. The van der Waals surface area contributed by atoms with E-state index in [4.69, 9.17) is 9.84 Å². The van der Waals surface area contributed by atoms with Gasteiger partial charge in [-0.1, -0.05) is 6.07 Å². The quantitative estimate of drug-likeness (QED) is 0.549. The summed E-state index contributed by atoms with van der Waals surface area (Å²) >= 11 is 0. The minimum absolute atomic E-state index is 0.221. The number of carbonyl (C=O) groups is 2. The molecule has 2 aromatic carbocycles. The molecule has 1 heterocycles. The molecule has 0 radical (unpaired) electrons. The Bertz CT molecular complexity index is 1030. The second-order valence-corrected chi connectivity index (χ2v) is 5.91. The first-order valence-corrected chi connectivity index (χ1v) is 8.23. The summed E-state index contributed by atoms with van der Waals surface area (Å²) in [5, 5.41) is 9.17. The third kappa shape index (κ3) is 3.95. The van der Waals surface area contributed by atoms with Crippen LogP contribution in [0.1, 0.15) is 32.0 Å². The first kappa shape index (κ1) is 18.1. The zero-order chi connectivity index (χ0) is 19.4. The molecule has 0 saturated heterocycles. The van der Waals surface area contributed by atoms with Gasteiger partial charge in [0.05, 0.1) is 35.8 Å². The van der Waals surface area contributed by atoms with Gasteiger partial charge in [-0.3, -0.25) is 4.99 Å². The monoisotopic (exact) mass is 362 g/mol. The summed E-state index contributed by atoms with van der Waals surface area (Å²) in [5.41, 5.74) is 3.81. The number of methoxy groups -OCH3 is 1. The summed E-state index contributed by atoms with van der Waals surface area (Å²) < 4.78 is 6.57. The van der Waals surface area contributed by atoms with Crippen molar-refractivity contribution >= 4 is 23.8 Å². The van der Waals surface area contributed by atoms with Crippen molar-refractivity contribution in [2.45, 2.75) is 6.92 Å². The van der Waals surface area contributed by atoms with Crippen molar-refractivity contribution in [3.8, 4) is 5.69 Å². The predicted molar refractivity (Wildman–Crippen MR) is 103 cm³/mol. The number of hydrogen-bond acceptors (Lipinski definition) is 4. The molecule has 0 aliphatic rings. The van der Waals surface area contributed by atoms with Crippen molar-refractivity contribution < 1.29 is 19.4 Å². The third-order valence-corrected chi connectivity index (χ3v) is 4.11. The molecule has 0 aliphatic heterocycles. The van der Waals surface area contributed by atoms with Crippen LogP contribution in [-0.2, 0) is 4.74 Å². The lowest BCUT2D eigenvalue weighted by Crippen LogP contribution is -2.02. The molecule has 6 nitrogen and oxygen atoms in total. The Morgan fingerprint density at radius 2 is 1.89 bits per heavy atom. The van der Waals surface area contributed by atoms with Crippen LogP contribution in [-0.4, -0.2) is 34.9 Å². The highest BCUT2D eigenvalue weighted by Crippen LogP contribution is 2.21. The molecule has 0 bridgehead atoms. The van der Waals surface area contributed by atoms with Gasteiger partial charge >= 0.3 is 11.9 Å². The van der Waals surface area contributed by atoms with E-state index in [1.165, 1.54) is 7.11 Å². The van der Waals surface area contributed by atoms with Crippen LogP contribution in [0.3, 0.4) is 0 Å². The molecule has 136 valence electrons. The fraction of sp³-hybridized carbons (Fsp3) is 0.0952. The van der Waals surface area contributed by atoms with Crippen molar-refractivity contribution in [1.82, 2.24) is 4.57 Å².